The van der Waals surface area contributed by atoms with E-state index >= 15 is 0 Å². The first-order valence-electron chi connectivity index (χ1n) is 16.8. The van der Waals surface area contributed by atoms with Crippen LogP contribution in [-0.4, -0.2) is 54.3 Å². The van der Waals surface area contributed by atoms with Crippen LogP contribution in [0.2, 0.25) is 0 Å². The third kappa shape index (κ3) is 12.7. The van der Waals surface area contributed by atoms with Gasteiger partial charge in [0.1, 0.15) is 0 Å². The van der Waals surface area contributed by atoms with Crippen molar-refractivity contribution in [2.24, 2.45) is 16.5 Å². The Labute approximate surface area is 289 Å². The summed E-state index contributed by atoms with van der Waals surface area (Å²) in [6, 6.07) is 6.68. The van der Waals surface area contributed by atoms with Crippen molar-refractivity contribution in [2.45, 2.75) is 127 Å². The van der Waals surface area contributed by atoms with Gasteiger partial charge in [0, 0.05) is 18.1 Å². The van der Waals surface area contributed by atoms with E-state index in [1.807, 2.05) is 39.8 Å². The number of unbranched alkanes of at least 4 members (excludes halogenated alkanes) is 2. The van der Waals surface area contributed by atoms with Crippen LogP contribution in [-0.2, 0) is 37.3 Å². The Hall–Kier alpha value is -3.25. The minimum atomic E-state index is -3.48. The molecule has 48 heavy (non-hydrogen) atoms. The van der Waals surface area contributed by atoms with Crippen molar-refractivity contribution in [3.05, 3.63) is 57.6 Å². The van der Waals surface area contributed by atoms with E-state index < -0.39 is 31.6 Å². The monoisotopic (exact) mass is 707 g/mol. The van der Waals surface area contributed by atoms with Gasteiger partial charge in [0.15, 0.2) is 25.6 Å². The maximum Gasteiger partial charge on any atom is 0.338 e. The van der Waals surface area contributed by atoms with E-state index in [9.17, 15) is 26.4 Å². The number of benzene rings is 2. The molecule has 270 valence electrons. The second-order valence-electron chi connectivity index (χ2n) is 12.6. The van der Waals surface area contributed by atoms with E-state index in [2.05, 4.69) is 18.8 Å². The molecule has 0 bridgehead atoms. The molecule has 0 saturated carbocycles. The number of carbonyl (C=O) groups is 2. The maximum atomic E-state index is 12.3. The molecule has 0 heterocycles. The van der Waals surface area contributed by atoms with Crippen LogP contribution in [0.15, 0.2) is 39.0 Å². The Balaban J connectivity index is 0.000000482. The van der Waals surface area contributed by atoms with Crippen LogP contribution in [0.25, 0.3) is 0 Å². The fourth-order valence-electron chi connectivity index (χ4n) is 5.66. The molecule has 0 aliphatic rings. The average Bonchev–Trinajstić information content (AvgIpc) is 3.00. The molecule has 0 aliphatic heterocycles. The SMILES string of the molecule is CCCCC(C)c1cc(CCC)c(C(=O)N=C(N)N)cc1S(C)(=O)=O.CCCCC(C)c1cc(CCC)c(C(=O)OC)cc1S(C)(=O)=O. The number of ether oxygens (including phenoxy) is 1. The first-order chi connectivity index (χ1) is 22.4. The molecule has 0 spiro atoms. The molecule has 0 aliphatic carbocycles. The fraction of sp³-hybridized carbons (Fsp3) is 0.583. The van der Waals surface area contributed by atoms with Crippen LogP contribution in [0.1, 0.15) is 148 Å². The molecule has 1 amide bonds. The number of nitrogens with two attached hydrogens (primary N) is 2. The highest BCUT2D eigenvalue weighted by atomic mass is 32.2. The van der Waals surface area contributed by atoms with Gasteiger partial charge in [0.2, 0.25) is 0 Å². The van der Waals surface area contributed by atoms with Crippen LogP contribution in [0.5, 0.6) is 0 Å². The predicted octanol–water partition coefficient (Wildman–Crippen LogP) is 6.87. The molecule has 0 saturated heterocycles. The van der Waals surface area contributed by atoms with Crippen molar-refractivity contribution in [2.75, 3.05) is 19.6 Å². The summed E-state index contributed by atoms with van der Waals surface area (Å²) < 4.78 is 53.9. The van der Waals surface area contributed by atoms with Crippen LogP contribution >= 0.6 is 0 Å². The summed E-state index contributed by atoms with van der Waals surface area (Å²) in [5.74, 6) is -1.20. The van der Waals surface area contributed by atoms with E-state index in [0.717, 1.165) is 86.3 Å². The molecule has 2 aromatic carbocycles. The largest absolute Gasteiger partial charge is 0.465 e. The molecule has 12 heteroatoms. The third-order valence-electron chi connectivity index (χ3n) is 8.22. The maximum absolute atomic E-state index is 12.3. The van der Waals surface area contributed by atoms with Crippen molar-refractivity contribution in [3.63, 3.8) is 0 Å². The molecule has 2 atom stereocenters. The molecule has 2 rings (SSSR count). The summed E-state index contributed by atoms with van der Waals surface area (Å²) in [7, 11) is -5.57. The number of amides is 1. The second-order valence-corrected chi connectivity index (χ2v) is 16.5. The number of aryl methyl sites for hydroxylation is 2. The van der Waals surface area contributed by atoms with Crippen LogP contribution in [0.4, 0.5) is 0 Å². The number of aliphatic imine (C=N–C) groups is 1. The highest BCUT2D eigenvalue weighted by Gasteiger charge is 2.25. The number of carbonyl (C=O) groups excluding carboxylic acids is 2. The summed E-state index contributed by atoms with van der Waals surface area (Å²) >= 11 is 0. The summed E-state index contributed by atoms with van der Waals surface area (Å²) in [4.78, 5) is 28.4. The smallest absolute Gasteiger partial charge is 0.338 e. The zero-order valence-corrected chi connectivity index (χ0v) is 31.9. The zero-order chi connectivity index (χ0) is 36.8. The summed E-state index contributed by atoms with van der Waals surface area (Å²) in [5, 5.41) is 0. The van der Waals surface area contributed by atoms with E-state index in [0.29, 0.717) is 12.0 Å². The van der Waals surface area contributed by atoms with Crippen LogP contribution < -0.4 is 11.5 Å². The lowest BCUT2D eigenvalue weighted by Crippen LogP contribution is -2.24. The Bertz CT molecular complexity index is 1650. The highest BCUT2D eigenvalue weighted by molar-refractivity contribution is 7.91. The van der Waals surface area contributed by atoms with Gasteiger partial charge in [-0.05, 0) is 71.9 Å². The first kappa shape index (κ1) is 42.8. The molecule has 0 aromatic heterocycles. The molecule has 0 fully saturated rings. The van der Waals surface area contributed by atoms with E-state index in [1.54, 1.807) is 0 Å². The van der Waals surface area contributed by atoms with Gasteiger partial charge in [-0.15, -0.1) is 0 Å². The Kier molecular flexibility index (Phi) is 17.5. The molecule has 10 nitrogen and oxygen atoms in total. The minimum absolute atomic E-state index is 0.0903. The van der Waals surface area contributed by atoms with Crippen LogP contribution in [0, 0.1) is 0 Å². The van der Waals surface area contributed by atoms with E-state index in [1.165, 1.54) is 25.5 Å². The molecule has 2 aromatic rings. The predicted molar refractivity (Wildman–Crippen MR) is 194 cm³/mol. The van der Waals surface area contributed by atoms with Gasteiger partial charge in [0.05, 0.1) is 22.5 Å². The first-order valence-corrected chi connectivity index (χ1v) is 20.6. The number of hydrogen-bond acceptors (Lipinski definition) is 7. The fourth-order valence-corrected chi connectivity index (χ4v) is 7.70. The number of sulfone groups is 2. The van der Waals surface area contributed by atoms with Gasteiger partial charge in [0.25, 0.3) is 5.91 Å². The topological polar surface area (TPSA) is 176 Å². The molecule has 0 radical (unpaired) electrons. The lowest BCUT2D eigenvalue weighted by Gasteiger charge is -2.19. The van der Waals surface area contributed by atoms with Crippen molar-refractivity contribution < 1.29 is 31.2 Å². The normalized spacial score (nSPS) is 12.8. The van der Waals surface area contributed by atoms with Gasteiger partial charge >= 0.3 is 5.97 Å². The molecule has 4 N–H and O–H groups in total. The summed E-state index contributed by atoms with van der Waals surface area (Å²) in [6.45, 7) is 12.3. The van der Waals surface area contributed by atoms with Crippen LogP contribution in [0.3, 0.4) is 0 Å². The lowest BCUT2D eigenvalue weighted by molar-refractivity contribution is 0.0599. The number of methoxy groups -OCH3 is 1. The average molecular weight is 708 g/mol. The number of nitrogens with zero attached hydrogens (tertiary/aromatic N) is 1. The standard InChI is InChI=1S/C18H29N3O3S.C18H28O4S/c1-5-7-9-12(3)14-10-13(8-6-2)15(17(22)21-18(19)20)11-16(14)25(4,23)24;1-6-8-10-13(3)15-11-14(9-7-2)16(18(19)22-4)12-17(15)23(5,20)21/h10-12H,5-9H2,1-4H3,(H4,19,20,21,22);11-13H,6-10H2,1-5H3. The van der Waals surface area contributed by atoms with Crippen molar-refractivity contribution in [3.8, 4) is 0 Å². The number of rotatable bonds is 16. The zero-order valence-electron chi connectivity index (χ0n) is 30.3. The summed E-state index contributed by atoms with van der Waals surface area (Å²) in [6.07, 6.45) is 11.4. The number of esters is 1. The van der Waals surface area contributed by atoms with Crippen molar-refractivity contribution >= 4 is 37.5 Å². The van der Waals surface area contributed by atoms with Gasteiger partial charge in [-0.1, -0.05) is 92.2 Å². The molecular weight excluding hydrogens is 651 g/mol. The second kappa shape index (κ2) is 19.7. The highest BCUT2D eigenvalue weighted by Crippen LogP contribution is 2.33. The molecular formula is C36H57N3O7S2. The van der Waals surface area contributed by atoms with E-state index in [4.69, 9.17) is 16.2 Å². The number of hydrogen-bond donors (Lipinski definition) is 2. The van der Waals surface area contributed by atoms with Crippen molar-refractivity contribution in [1.82, 2.24) is 0 Å². The Morgan fingerprint density at radius 2 is 1.10 bits per heavy atom. The van der Waals surface area contributed by atoms with Gasteiger partial charge < -0.3 is 16.2 Å². The van der Waals surface area contributed by atoms with Gasteiger partial charge in [-0.25, -0.2) is 21.6 Å². The quantitative estimate of drug-likeness (QED) is 0.107. The van der Waals surface area contributed by atoms with E-state index in [-0.39, 0.29) is 33.1 Å². The van der Waals surface area contributed by atoms with Crippen molar-refractivity contribution in [1.29, 1.82) is 0 Å². The van der Waals surface area contributed by atoms with Gasteiger partial charge in [-0.2, -0.15) is 4.99 Å². The Morgan fingerprint density at radius 3 is 1.44 bits per heavy atom. The summed E-state index contributed by atoms with van der Waals surface area (Å²) in [5.41, 5.74) is 14.4. The van der Waals surface area contributed by atoms with Gasteiger partial charge in [-0.3, -0.25) is 4.79 Å². The number of guanidine groups is 1. The minimum Gasteiger partial charge on any atom is -0.465 e. The third-order valence-corrected chi connectivity index (χ3v) is 10.5. The molecule has 2 unspecified atom stereocenters. The Morgan fingerprint density at radius 1 is 0.708 bits per heavy atom. The lowest BCUT2D eigenvalue weighted by atomic mass is 9.91.